The van der Waals surface area contributed by atoms with Gasteiger partial charge in [-0.3, -0.25) is 0 Å². The molecule has 2 heterocycles. The molecule has 1 unspecified atom stereocenters. The molecule has 108 valence electrons. The molecule has 0 aliphatic carbocycles. The molecule has 1 aromatic rings. The van der Waals surface area contributed by atoms with Crippen LogP contribution in [-0.4, -0.2) is 37.1 Å². The summed E-state index contributed by atoms with van der Waals surface area (Å²) in [6, 6.07) is 1.91. The molecular weight excluding hydrogens is 377 g/mol. The Bertz CT molecular complexity index is 530. The molecule has 0 bridgehead atoms. The minimum absolute atomic E-state index is 0.179. The minimum Gasteiger partial charge on any atom is -0.353 e. The van der Waals surface area contributed by atoms with Gasteiger partial charge in [-0.1, -0.05) is 0 Å². The van der Waals surface area contributed by atoms with Crippen molar-refractivity contribution in [1.29, 1.82) is 5.26 Å². The maximum absolute atomic E-state index is 12.5. The van der Waals surface area contributed by atoms with Crippen molar-refractivity contribution in [3.05, 3.63) is 20.9 Å². The van der Waals surface area contributed by atoms with Crippen LogP contribution in [0, 0.1) is 21.8 Å². The van der Waals surface area contributed by atoms with Crippen LogP contribution in [0.15, 0.2) is 6.20 Å². The van der Waals surface area contributed by atoms with Gasteiger partial charge in [-0.15, -0.1) is 0 Å². The van der Waals surface area contributed by atoms with E-state index in [-0.39, 0.29) is 12.5 Å². The zero-order valence-corrected chi connectivity index (χ0v) is 13.2. The highest BCUT2D eigenvalue weighted by Crippen LogP contribution is 2.25. The average Bonchev–Trinajstić information content (AvgIpc) is 2.41. The van der Waals surface area contributed by atoms with E-state index in [2.05, 4.69) is 39.0 Å². The van der Waals surface area contributed by atoms with Gasteiger partial charge >= 0.3 is 0 Å². The van der Waals surface area contributed by atoms with E-state index < -0.39 is 6.43 Å². The molecule has 1 aliphatic heterocycles. The van der Waals surface area contributed by atoms with E-state index >= 15 is 0 Å². The lowest BCUT2D eigenvalue weighted by Crippen LogP contribution is -2.51. The summed E-state index contributed by atoms with van der Waals surface area (Å²) in [5.74, 6) is 0.603. The average molecular weight is 392 g/mol. The molecular formula is C13H15F2IN4. The van der Waals surface area contributed by atoms with Crippen LogP contribution in [0.2, 0.25) is 0 Å². The first-order valence-electron chi connectivity index (χ1n) is 6.34. The summed E-state index contributed by atoms with van der Waals surface area (Å²) in [6.45, 7) is 3.62. The number of hydrogen-bond acceptors (Lipinski definition) is 4. The zero-order chi connectivity index (χ0) is 14.7. The van der Waals surface area contributed by atoms with E-state index in [4.69, 9.17) is 0 Å². The van der Waals surface area contributed by atoms with E-state index in [0.717, 1.165) is 9.13 Å². The standard InChI is InChI=1S/C13H15F2IN4/c1-8-10(5-17)13(19-6-11(8)16)20-3-2-18-9(7-20)4-12(14)15/h6,9,12,18H,2-4,7H2,1H3. The normalized spacial score (nSPS) is 19.2. The molecule has 1 saturated heterocycles. The fraction of sp³-hybridized carbons (Fsp3) is 0.538. The fourth-order valence-corrected chi connectivity index (χ4v) is 2.74. The topological polar surface area (TPSA) is 52.0 Å². The van der Waals surface area contributed by atoms with E-state index in [1.807, 2.05) is 11.8 Å². The predicted octanol–water partition coefficient (Wildman–Crippen LogP) is 2.30. The Morgan fingerprint density at radius 2 is 2.40 bits per heavy atom. The Kier molecular flexibility index (Phi) is 5.10. The van der Waals surface area contributed by atoms with Crippen LogP contribution in [0.3, 0.4) is 0 Å². The second kappa shape index (κ2) is 6.63. The van der Waals surface area contributed by atoms with Crippen molar-refractivity contribution in [3.8, 4) is 6.07 Å². The van der Waals surface area contributed by atoms with Crippen molar-refractivity contribution in [1.82, 2.24) is 10.3 Å². The van der Waals surface area contributed by atoms with E-state index in [1.54, 1.807) is 6.20 Å². The molecule has 0 amide bonds. The van der Waals surface area contributed by atoms with Gasteiger partial charge < -0.3 is 10.2 Å². The van der Waals surface area contributed by atoms with Crippen LogP contribution in [0.25, 0.3) is 0 Å². The van der Waals surface area contributed by atoms with Crippen molar-refractivity contribution >= 4 is 28.4 Å². The number of piperazine rings is 1. The number of hydrogen-bond donors (Lipinski definition) is 1. The molecule has 0 spiro atoms. The van der Waals surface area contributed by atoms with Gasteiger partial charge in [-0.05, 0) is 35.1 Å². The lowest BCUT2D eigenvalue weighted by molar-refractivity contribution is 0.121. The largest absolute Gasteiger partial charge is 0.353 e. The highest BCUT2D eigenvalue weighted by molar-refractivity contribution is 14.1. The van der Waals surface area contributed by atoms with Gasteiger partial charge in [0.25, 0.3) is 0 Å². The molecule has 2 rings (SSSR count). The van der Waals surface area contributed by atoms with Crippen molar-refractivity contribution in [2.24, 2.45) is 0 Å². The quantitative estimate of drug-likeness (QED) is 0.803. The van der Waals surface area contributed by atoms with Gasteiger partial charge in [0.15, 0.2) is 0 Å². The number of halogens is 3. The summed E-state index contributed by atoms with van der Waals surface area (Å²) in [7, 11) is 0. The van der Waals surface area contributed by atoms with Crippen LogP contribution >= 0.6 is 22.6 Å². The third-order valence-corrected chi connectivity index (χ3v) is 4.47. The summed E-state index contributed by atoms with van der Waals surface area (Å²) in [5, 5.41) is 12.4. The van der Waals surface area contributed by atoms with Crippen molar-refractivity contribution in [2.75, 3.05) is 24.5 Å². The van der Waals surface area contributed by atoms with Crippen LogP contribution in [0.5, 0.6) is 0 Å². The zero-order valence-electron chi connectivity index (χ0n) is 11.0. The monoisotopic (exact) mass is 392 g/mol. The van der Waals surface area contributed by atoms with Crippen LogP contribution < -0.4 is 10.2 Å². The van der Waals surface area contributed by atoms with Crippen LogP contribution in [0.4, 0.5) is 14.6 Å². The summed E-state index contributed by atoms with van der Waals surface area (Å²) >= 11 is 2.14. The molecule has 4 nitrogen and oxygen atoms in total. The first-order chi connectivity index (χ1) is 9.52. The SMILES string of the molecule is Cc1c(I)cnc(N2CCNC(CC(F)F)C2)c1C#N. The maximum atomic E-state index is 12.5. The number of aromatic nitrogens is 1. The lowest BCUT2D eigenvalue weighted by Gasteiger charge is -2.35. The van der Waals surface area contributed by atoms with Crippen molar-refractivity contribution < 1.29 is 8.78 Å². The lowest BCUT2D eigenvalue weighted by atomic mass is 10.1. The smallest absolute Gasteiger partial charge is 0.240 e. The molecule has 7 heteroatoms. The van der Waals surface area contributed by atoms with E-state index in [1.165, 1.54) is 0 Å². The summed E-state index contributed by atoms with van der Waals surface area (Å²) in [4.78, 5) is 6.25. The third-order valence-electron chi connectivity index (χ3n) is 3.39. The van der Waals surface area contributed by atoms with Crippen molar-refractivity contribution in [3.63, 3.8) is 0 Å². The molecule has 1 aromatic heterocycles. The van der Waals surface area contributed by atoms with Gasteiger partial charge in [-0.2, -0.15) is 5.26 Å². The molecule has 0 radical (unpaired) electrons. The Morgan fingerprint density at radius 3 is 3.05 bits per heavy atom. The van der Waals surface area contributed by atoms with Crippen LogP contribution in [0.1, 0.15) is 17.5 Å². The molecule has 1 atom stereocenters. The Labute approximate surface area is 130 Å². The summed E-state index contributed by atoms with van der Waals surface area (Å²) in [5.41, 5.74) is 1.43. The number of pyridine rings is 1. The molecule has 0 aromatic carbocycles. The van der Waals surface area contributed by atoms with Gasteiger partial charge in [-0.25, -0.2) is 13.8 Å². The van der Waals surface area contributed by atoms with Crippen LogP contribution in [-0.2, 0) is 0 Å². The second-order valence-corrected chi connectivity index (χ2v) is 5.93. The van der Waals surface area contributed by atoms with E-state index in [9.17, 15) is 14.0 Å². The number of nitriles is 1. The van der Waals surface area contributed by atoms with Gasteiger partial charge in [0.2, 0.25) is 6.43 Å². The molecule has 1 fully saturated rings. The Balaban J connectivity index is 2.23. The summed E-state index contributed by atoms with van der Waals surface area (Å²) < 4.78 is 25.9. The summed E-state index contributed by atoms with van der Waals surface area (Å²) in [6.07, 6.45) is -0.785. The number of anilines is 1. The third kappa shape index (κ3) is 3.35. The number of nitrogens with one attached hydrogen (secondary N) is 1. The molecule has 1 aliphatic rings. The van der Waals surface area contributed by atoms with Crippen molar-refractivity contribution in [2.45, 2.75) is 25.8 Å². The highest BCUT2D eigenvalue weighted by atomic mass is 127. The number of rotatable bonds is 3. The molecule has 20 heavy (non-hydrogen) atoms. The minimum atomic E-state index is -2.32. The molecule has 0 saturated carbocycles. The highest BCUT2D eigenvalue weighted by Gasteiger charge is 2.25. The maximum Gasteiger partial charge on any atom is 0.240 e. The first-order valence-corrected chi connectivity index (χ1v) is 7.42. The van der Waals surface area contributed by atoms with E-state index in [0.29, 0.717) is 31.0 Å². The second-order valence-electron chi connectivity index (χ2n) is 4.77. The number of nitrogens with zero attached hydrogens (tertiary/aromatic N) is 3. The molecule has 1 N–H and O–H groups in total. The predicted molar refractivity (Wildman–Crippen MR) is 81.0 cm³/mol. The Morgan fingerprint density at radius 1 is 1.65 bits per heavy atom. The van der Waals surface area contributed by atoms with Gasteiger partial charge in [0.05, 0.1) is 5.56 Å². The number of alkyl halides is 2. The van der Waals surface area contributed by atoms with Gasteiger partial charge in [0, 0.05) is 41.9 Å². The Hall–Kier alpha value is -1.01. The fourth-order valence-electron chi connectivity index (χ4n) is 2.33. The first kappa shape index (κ1) is 15.4. The van der Waals surface area contributed by atoms with Gasteiger partial charge in [0.1, 0.15) is 11.9 Å².